The Morgan fingerprint density at radius 3 is 2.94 bits per heavy atom. The summed E-state index contributed by atoms with van der Waals surface area (Å²) in [5, 5.41) is 5.94. The summed E-state index contributed by atoms with van der Waals surface area (Å²) in [7, 11) is 0. The minimum Gasteiger partial charge on any atom is -0.355 e. The van der Waals surface area contributed by atoms with E-state index >= 15 is 0 Å². The van der Waals surface area contributed by atoms with Crippen molar-refractivity contribution in [2.24, 2.45) is 5.92 Å². The lowest BCUT2D eigenvalue weighted by molar-refractivity contribution is -0.120. The molecule has 0 bridgehead atoms. The molecule has 0 aliphatic carbocycles. The Labute approximate surface area is 96.3 Å². The number of carbonyl (C=O) groups excluding carboxylic acids is 1. The zero-order valence-electron chi connectivity index (χ0n) is 9.94. The first-order chi connectivity index (χ1) is 7.68. The summed E-state index contributed by atoms with van der Waals surface area (Å²) in [5.74, 6) is 0.550. The van der Waals surface area contributed by atoms with E-state index in [0.717, 1.165) is 19.6 Å². The minimum absolute atomic E-state index is 0.0549. The zero-order valence-corrected chi connectivity index (χ0v) is 9.94. The van der Waals surface area contributed by atoms with Gasteiger partial charge in [0.25, 0.3) is 0 Å². The van der Waals surface area contributed by atoms with E-state index in [2.05, 4.69) is 29.5 Å². The van der Waals surface area contributed by atoms with Crippen LogP contribution in [-0.4, -0.2) is 35.1 Å². The van der Waals surface area contributed by atoms with Gasteiger partial charge in [0, 0.05) is 32.0 Å². The lowest BCUT2D eigenvalue weighted by Crippen LogP contribution is -2.36. The molecule has 5 heteroatoms. The normalized spacial score (nSPS) is 10.7. The highest BCUT2D eigenvalue weighted by atomic mass is 16.1. The Morgan fingerprint density at radius 1 is 1.50 bits per heavy atom. The molecule has 90 valence electrons. The van der Waals surface area contributed by atoms with Crippen molar-refractivity contribution < 1.29 is 4.79 Å². The van der Waals surface area contributed by atoms with Crippen LogP contribution in [0.1, 0.15) is 13.8 Å². The lowest BCUT2D eigenvalue weighted by Gasteiger charge is -2.08. The Morgan fingerprint density at radius 2 is 2.31 bits per heavy atom. The molecule has 0 aliphatic rings. The van der Waals surface area contributed by atoms with Crippen LogP contribution in [0.4, 0.5) is 0 Å². The number of hydrogen-bond donors (Lipinski definition) is 2. The second-order valence-electron chi connectivity index (χ2n) is 4.18. The molecule has 0 atom stereocenters. The fourth-order valence-corrected chi connectivity index (χ4v) is 1.21. The van der Waals surface area contributed by atoms with Crippen LogP contribution in [0.15, 0.2) is 18.7 Å². The van der Waals surface area contributed by atoms with Crippen LogP contribution in [0.25, 0.3) is 0 Å². The van der Waals surface area contributed by atoms with Crippen molar-refractivity contribution in [2.75, 3.05) is 19.6 Å². The van der Waals surface area contributed by atoms with Crippen LogP contribution < -0.4 is 10.6 Å². The van der Waals surface area contributed by atoms with Gasteiger partial charge in [0.1, 0.15) is 0 Å². The van der Waals surface area contributed by atoms with E-state index in [1.165, 1.54) is 0 Å². The van der Waals surface area contributed by atoms with Gasteiger partial charge in [-0.3, -0.25) is 4.79 Å². The summed E-state index contributed by atoms with van der Waals surface area (Å²) >= 11 is 0. The molecule has 0 radical (unpaired) electrons. The van der Waals surface area contributed by atoms with Gasteiger partial charge in [-0.25, -0.2) is 4.98 Å². The first-order valence-corrected chi connectivity index (χ1v) is 5.61. The first kappa shape index (κ1) is 12.7. The van der Waals surface area contributed by atoms with Crippen LogP contribution in [0.5, 0.6) is 0 Å². The Bertz CT molecular complexity index is 295. The minimum atomic E-state index is 0.0549. The molecule has 0 aromatic carbocycles. The summed E-state index contributed by atoms with van der Waals surface area (Å²) in [6.45, 7) is 6.87. The molecule has 16 heavy (non-hydrogen) atoms. The number of imidazole rings is 1. The van der Waals surface area contributed by atoms with Gasteiger partial charge in [-0.2, -0.15) is 0 Å². The molecule has 0 spiro atoms. The van der Waals surface area contributed by atoms with Crippen molar-refractivity contribution in [1.29, 1.82) is 0 Å². The van der Waals surface area contributed by atoms with Crippen molar-refractivity contribution in [3.8, 4) is 0 Å². The number of rotatable bonds is 7. The van der Waals surface area contributed by atoms with Gasteiger partial charge in [0.05, 0.1) is 12.9 Å². The fourth-order valence-electron chi connectivity index (χ4n) is 1.21. The topological polar surface area (TPSA) is 59.0 Å². The number of nitrogens with zero attached hydrogens (tertiary/aromatic N) is 2. The third-order valence-electron chi connectivity index (χ3n) is 2.10. The van der Waals surface area contributed by atoms with Crippen molar-refractivity contribution in [3.63, 3.8) is 0 Å². The summed E-state index contributed by atoms with van der Waals surface area (Å²) in [6, 6.07) is 0. The largest absolute Gasteiger partial charge is 0.355 e. The van der Waals surface area contributed by atoms with Crippen molar-refractivity contribution in [2.45, 2.75) is 20.4 Å². The molecule has 0 fully saturated rings. The van der Waals surface area contributed by atoms with Gasteiger partial charge < -0.3 is 15.2 Å². The predicted molar refractivity (Wildman–Crippen MR) is 62.9 cm³/mol. The third-order valence-corrected chi connectivity index (χ3v) is 2.10. The predicted octanol–water partition coefficient (Wildman–Crippen LogP) is 0.245. The molecule has 1 rings (SSSR count). The van der Waals surface area contributed by atoms with Crippen molar-refractivity contribution in [3.05, 3.63) is 18.7 Å². The van der Waals surface area contributed by atoms with E-state index in [-0.39, 0.29) is 5.91 Å². The van der Waals surface area contributed by atoms with Crippen LogP contribution in [0.3, 0.4) is 0 Å². The molecule has 0 unspecified atom stereocenters. The standard InChI is InChI=1S/C11H20N4O/c1-10(2)7-14-11(16)8-12-3-5-15-6-4-13-9-15/h4,6,9-10,12H,3,5,7-8H2,1-2H3,(H,14,16). The van der Waals surface area contributed by atoms with E-state index in [0.29, 0.717) is 12.5 Å². The number of hydrogen-bond acceptors (Lipinski definition) is 3. The van der Waals surface area contributed by atoms with Crippen molar-refractivity contribution >= 4 is 5.91 Å². The molecule has 0 aliphatic heterocycles. The second-order valence-corrected chi connectivity index (χ2v) is 4.18. The highest BCUT2D eigenvalue weighted by Crippen LogP contribution is 1.86. The Kier molecular flexibility index (Phi) is 5.56. The van der Waals surface area contributed by atoms with E-state index in [1.807, 2.05) is 10.8 Å². The zero-order chi connectivity index (χ0) is 11.8. The molecule has 0 saturated carbocycles. The molecule has 1 heterocycles. The number of amides is 1. The van der Waals surface area contributed by atoms with E-state index in [9.17, 15) is 4.79 Å². The van der Waals surface area contributed by atoms with Gasteiger partial charge in [0.2, 0.25) is 5.91 Å². The Balaban J connectivity index is 2.00. The second kappa shape index (κ2) is 7.00. The quantitative estimate of drug-likeness (QED) is 0.652. The molecular weight excluding hydrogens is 204 g/mol. The summed E-state index contributed by atoms with van der Waals surface area (Å²) in [5.41, 5.74) is 0. The summed E-state index contributed by atoms with van der Waals surface area (Å²) in [4.78, 5) is 15.3. The van der Waals surface area contributed by atoms with Crippen LogP contribution in [0.2, 0.25) is 0 Å². The lowest BCUT2D eigenvalue weighted by atomic mass is 10.2. The first-order valence-electron chi connectivity index (χ1n) is 5.61. The maximum atomic E-state index is 11.3. The average molecular weight is 224 g/mol. The van der Waals surface area contributed by atoms with Crippen molar-refractivity contribution in [1.82, 2.24) is 20.2 Å². The van der Waals surface area contributed by atoms with Gasteiger partial charge in [-0.05, 0) is 5.92 Å². The average Bonchev–Trinajstić information content (AvgIpc) is 2.74. The SMILES string of the molecule is CC(C)CNC(=O)CNCCn1ccnc1. The van der Waals surface area contributed by atoms with E-state index < -0.39 is 0 Å². The number of nitrogens with one attached hydrogen (secondary N) is 2. The van der Waals surface area contributed by atoms with Crippen LogP contribution >= 0.6 is 0 Å². The number of aromatic nitrogens is 2. The van der Waals surface area contributed by atoms with Crippen LogP contribution in [-0.2, 0) is 11.3 Å². The summed E-state index contributed by atoms with van der Waals surface area (Å²) in [6.07, 6.45) is 5.41. The molecule has 5 nitrogen and oxygen atoms in total. The third kappa shape index (κ3) is 5.50. The van der Waals surface area contributed by atoms with Gasteiger partial charge in [0.15, 0.2) is 0 Å². The highest BCUT2D eigenvalue weighted by molar-refractivity contribution is 5.77. The molecule has 1 aromatic heterocycles. The molecule has 1 amide bonds. The van der Waals surface area contributed by atoms with E-state index in [4.69, 9.17) is 0 Å². The summed E-state index contributed by atoms with van der Waals surface area (Å²) < 4.78 is 1.97. The van der Waals surface area contributed by atoms with Gasteiger partial charge in [-0.1, -0.05) is 13.8 Å². The molecule has 2 N–H and O–H groups in total. The number of carbonyl (C=O) groups is 1. The smallest absolute Gasteiger partial charge is 0.233 e. The maximum Gasteiger partial charge on any atom is 0.233 e. The fraction of sp³-hybridized carbons (Fsp3) is 0.636. The monoisotopic (exact) mass is 224 g/mol. The Hall–Kier alpha value is -1.36. The van der Waals surface area contributed by atoms with Crippen LogP contribution in [0, 0.1) is 5.92 Å². The molecule has 0 saturated heterocycles. The van der Waals surface area contributed by atoms with Gasteiger partial charge >= 0.3 is 0 Å². The molecule has 1 aromatic rings. The molecular formula is C11H20N4O. The van der Waals surface area contributed by atoms with E-state index in [1.54, 1.807) is 12.5 Å². The van der Waals surface area contributed by atoms with Gasteiger partial charge in [-0.15, -0.1) is 0 Å². The highest BCUT2D eigenvalue weighted by Gasteiger charge is 2.00. The maximum absolute atomic E-state index is 11.3.